The molecular weight excluding hydrogens is 218 g/mol. The lowest BCUT2D eigenvalue weighted by Gasteiger charge is -2.00. The van der Waals surface area contributed by atoms with E-state index < -0.39 is 5.97 Å². The Bertz CT molecular complexity index is 496. The summed E-state index contributed by atoms with van der Waals surface area (Å²) < 4.78 is 0. The van der Waals surface area contributed by atoms with Gasteiger partial charge >= 0.3 is 5.97 Å². The van der Waals surface area contributed by atoms with E-state index in [1.54, 1.807) is 18.3 Å². The number of hydrogen-bond donors (Lipinski definition) is 2. The zero-order valence-electron chi connectivity index (χ0n) is 7.44. The molecule has 0 saturated heterocycles. The first-order chi connectivity index (χ1) is 7.16. The Labute approximate surface area is 89.7 Å². The van der Waals surface area contributed by atoms with Crippen LogP contribution in [0.4, 0.5) is 0 Å². The van der Waals surface area contributed by atoms with Gasteiger partial charge in [-0.3, -0.25) is 5.10 Å². The van der Waals surface area contributed by atoms with Crippen LogP contribution in [0, 0.1) is 0 Å². The normalized spacial score (nSPS) is 10.2. The van der Waals surface area contributed by atoms with E-state index in [9.17, 15) is 4.79 Å². The van der Waals surface area contributed by atoms with Crippen molar-refractivity contribution in [3.63, 3.8) is 0 Å². The molecule has 0 spiro atoms. The van der Waals surface area contributed by atoms with Crippen molar-refractivity contribution in [3.8, 4) is 11.4 Å². The Morgan fingerprint density at radius 2 is 2.27 bits per heavy atom. The third kappa shape index (κ3) is 1.97. The number of aromatic nitrogens is 3. The van der Waals surface area contributed by atoms with Gasteiger partial charge in [0, 0.05) is 11.2 Å². The largest absolute Gasteiger partial charge is 0.477 e. The molecule has 0 unspecified atom stereocenters. The third-order valence-corrected chi connectivity index (χ3v) is 2.00. The van der Waals surface area contributed by atoms with E-state index in [0.717, 1.165) is 0 Å². The number of carboxylic acids is 1. The van der Waals surface area contributed by atoms with Crippen molar-refractivity contribution in [1.29, 1.82) is 0 Å². The molecule has 2 aromatic heterocycles. The average molecular weight is 224 g/mol. The highest BCUT2D eigenvalue weighted by molar-refractivity contribution is 6.31. The molecule has 2 heterocycles. The molecule has 0 aliphatic heterocycles. The van der Waals surface area contributed by atoms with Crippen LogP contribution in [0.15, 0.2) is 24.4 Å². The zero-order chi connectivity index (χ0) is 10.8. The maximum Gasteiger partial charge on any atom is 0.354 e. The van der Waals surface area contributed by atoms with Crippen molar-refractivity contribution in [2.75, 3.05) is 0 Å². The monoisotopic (exact) mass is 223 g/mol. The maximum atomic E-state index is 10.7. The van der Waals surface area contributed by atoms with Crippen molar-refractivity contribution < 1.29 is 9.90 Å². The predicted octanol–water partition coefficient (Wildman–Crippen LogP) is 1.82. The molecule has 0 aliphatic rings. The Balaban J connectivity index is 2.54. The van der Waals surface area contributed by atoms with E-state index in [1.807, 2.05) is 0 Å². The number of halogens is 1. The molecule has 0 atom stereocenters. The van der Waals surface area contributed by atoms with E-state index in [4.69, 9.17) is 16.7 Å². The Kier molecular flexibility index (Phi) is 2.39. The molecule has 0 bridgehead atoms. The van der Waals surface area contributed by atoms with Crippen molar-refractivity contribution in [1.82, 2.24) is 15.2 Å². The minimum atomic E-state index is -1.11. The summed E-state index contributed by atoms with van der Waals surface area (Å²) in [6.45, 7) is 0. The molecule has 0 radical (unpaired) electrons. The summed E-state index contributed by atoms with van der Waals surface area (Å²) in [6.07, 6.45) is 1.55. The number of nitrogens with one attached hydrogen (secondary N) is 1. The summed E-state index contributed by atoms with van der Waals surface area (Å²) in [5.41, 5.74) is 0.990. The van der Waals surface area contributed by atoms with Crippen molar-refractivity contribution >= 4 is 17.6 Å². The van der Waals surface area contributed by atoms with Crippen molar-refractivity contribution in [2.45, 2.75) is 0 Å². The lowest BCUT2D eigenvalue weighted by atomic mass is 10.2. The lowest BCUT2D eigenvalue weighted by Crippen LogP contribution is -2.01. The zero-order valence-corrected chi connectivity index (χ0v) is 8.19. The minimum absolute atomic E-state index is 0.0906. The van der Waals surface area contributed by atoms with E-state index in [1.165, 1.54) is 6.07 Å². The highest BCUT2D eigenvalue weighted by Crippen LogP contribution is 2.19. The second kappa shape index (κ2) is 3.70. The van der Waals surface area contributed by atoms with Crippen LogP contribution in [0.3, 0.4) is 0 Å². The standard InChI is InChI=1S/C9H6ClN3O2/c10-5-3-7(6-1-2-11-13-6)12-8(4-5)9(14)15/h1-4H,(H,11,13)(H,14,15). The summed E-state index contributed by atoms with van der Waals surface area (Å²) >= 11 is 5.77. The topological polar surface area (TPSA) is 78.9 Å². The fourth-order valence-electron chi connectivity index (χ4n) is 1.14. The summed E-state index contributed by atoms with van der Waals surface area (Å²) in [6, 6.07) is 4.55. The first-order valence-electron chi connectivity index (χ1n) is 4.07. The van der Waals surface area contributed by atoms with Crippen LogP contribution < -0.4 is 0 Å². The van der Waals surface area contributed by atoms with Crippen molar-refractivity contribution in [2.24, 2.45) is 0 Å². The van der Waals surface area contributed by atoms with E-state index in [0.29, 0.717) is 16.4 Å². The van der Waals surface area contributed by atoms with Crippen LogP contribution in [0.1, 0.15) is 10.5 Å². The number of pyridine rings is 1. The van der Waals surface area contributed by atoms with E-state index in [-0.39, 0.29) is 5.69 Å². The van der Waals surface area contributed by atoms with Gasteiger partial charge in [0.05, 0.1) is 11.4 Å². The molecule has 0 aliphatic carbocycles. The molecule has 6 heteroatoms. The smallest absolute Gasteiger partial charge is 0.354 e. The second-order valence-electron chi connectivity index (χ2n) is 2.83. The summed E-state index contributed by atoms with van der Waals surface area (Å²) in [5.74, 6) is -1.11. The molecule has 5 nitrogen and oxygen atoms in total. The van der Waals surface area contributed by atoms with Gasteiger partial charge in [-0.15, -0.1) is 0 Å². The van der Waals surface area contributed by atoms with Crippen LogP contribution in [0.2, 0.25) is 5.02 Å². The van der Waals surface area contributed by atoms with Gasteiger partial charge in [0.1, 0.15) is 5.69 Å². The number of aromatic carboxylic acids is 1. The van der Waals surface area contributed by atoms with Crippen LogP contribution in [0.5, 0.6) is 0 Å². The van der Waals surface area contributed by atoms with Gasteiger partial charge in [0.15, 0.2) is 0 Å². The molecule has 2 N–H and O–H groups in total. The lowest BCUT2D eigenvalue weighted by molar-refractivity contribution is 0.0690. The Morgan fingerprint density at radius 1 is 1.47 bits per heavy atom. The Hall–Kier alpha value is -1.88. The number of H-pyrrole nitrogens is 1. The number of carbonyl (C=O) groups is 1. The van der Waals surface area contributed by atoms with Gasteiger partial charge in [-0.05, 0) is 18.2 Å². The molecule has 76 valence electrons. The second-order valence-corrected chi connectivity index (χ2v) is 3.27. The fraction of sp³-hybridized carbons (Fsp3) is 0. The molecule has 0 fully saturated rings. The quantitative estimate of drug-likeness (QED) is 0.814. The first-order valence-corrected chi connectivity index (χ1v) is 4.45. The summed E-state index contributed by atoms with van der Waals surface area (Å²) in [7, 11) is 0. The number of hydrogen-bond acceptors (Lipinski definition) is 3. The number of carboxylic acid groups (broad SMARTS) is 1. The van der Waals surface area contributed by atoms with Crippen LogP contribution in [0.25, 0.3) is 11.4 Å². The number of rotatable bonds is 2. The fourth-order valence-corrected chi connectivity index (χ4v) is 1.35. The van der Waals surface area contributed by atoms with Gasteiger partial charge in [-0.1, -0.05) is 11.6 Å². The molecule has 0 aromatic carbocycles. The molecule has 2 aromatic rings. The number of aromatic amines is 1. The van der Waals surface area contributed by atoms with Crippen LogP contribution >= 0.6 is 11.6 Å². The summed E-state index contributed by atoms with van der Waals surface area (Å²) in [4.78, 5) is 14.6. The highest BCUT2D eigenvalue weighted by Gasteiger charge is 2.09. The maximum absolute atomic E-state index is 10.7. The molecule has 0 amide bonds. The molecular formula is C9H6ClN3O2. The van der Waals surface area contributed by atoms with Gasteiger partial charge < -0.3 is 5.11 Å². The number of nitrogens with zero attached hydrogens (tertiary/aromatic N) is 2. The van der Waals surface area contributed by atoms with Crippen LogP contribution in [-0.2, 0) is 0 Å². The van der Waals surface area contributed by atoms with Crippen LogP contribution in [-0.4, -0.2) is 26.3 Å². The molecule has 0 saturated carbocycles. The minimum Gasteiger partial charge on any atom is -0.477 e. The van der Waals surface area contributed by atoms with Crippen molar-refractivity contribution in [3.05, 3.63) is 35.1 Å². The van der Waals surface area contributed by atoms with Gasteiger partial charge in [0.25, 0.3) is 0 Å². The third-order valence-electron chi connectivity index (χ3n) is 1.79. The average Bonchev–Trinajstić information content (AvgIpc) is 2.69. The van der Waals surface area contributed by atoms with Gasteiger partial charge in [0.2, 0.25) is 0 Å². The molecule has 15 heavy (non-hydrogen) atoms. The summed E-state index contributed by atoms with van der Waals surface area (Å²) in [5, 5.41) is 15.5. The SMILES string of the molecule is O=C(O)c1cc(Cl)cc(-c2ccn[nH]2)n1. The van der Waals surface area contributed by atoms with Gasteiger partial charge in [-0.25, -0.2) is 9.78 Å². The first kappa shape index (κ1) is 9.67. The molecule has 2 rings (SSSR count). The van der Waals surface area contributed by atoms with E-state index in [2.05, 4.69) is 15.2 Å². The van der Waals surface area contributed by atoms with Gasteiger partial charge in [-0.2, -0.15) is 5.10 Å². The Morgan fingerprint density at radius 3 is 2.87 bits per heavy atom. The highest BCUT2D eigenvalue weighted by atomic mass is 35.5. The van der Waals surface area contributed by atoms with E-state index >= 15 is 0 Å². The predicted molar refractivity (Wildman–Crippen MR) is 53.8 cm³/mol.